The number of aliphatic hydroxyl groups excluding tert-OH is 1. The third kappa shape index (κ3) is 5.46. The highest BCUT2D eigenvalue weighted by atomic mass is 16.4. The maximum absolute atomic E-state index is 10.4. The van der Waals surface area contributed by atoms with Crippen LogP contribution in [0.2, 0.25) is 0 Å². The minimum atomic E-state index is -0.755. The summed E-state index contributed by atoms with van der Waals surface area (Å²) in [5, 5.41) is 21.4. The summed E-state index contributed by atoms with van der Waals surface area (Å²) in [6.45, 7) is 2.07. The van der Waals surface area contributed by atoms with Crippen LogP contribution in [0.25, 0.3) is 0 Å². The number of hydrogen-bond acceptors (Lipinski definition) is 4. The predicted molar refractivity (Wildman–Crippen MR) is 62.5 cm³/mol. The molecule has 6 heteroatoms. The molecular formula is C11H19N3O3. The van der Waals surface area contributed by atoms with Crippen molar-refractivity contribution in [2.24, 2.45) is 0 Å². The smallest absolute Gasteiger partial charge is 0.303 e. The van der Waals surface area contributed by atoms with Crippen LogP contribution in [0.3, 0.4) is 0 Å². The van der Waals surface area contributed by atoms with Crippen molar-refractivity contribution in [1.82, 2.24) is 14.7 Å². The molecule has 1 aromatic rings. The summed E-state index contributed by atoms with van der Waals surface area (Å²) in [5.41, 5.74) is 1.07. The average Bonchev–Trinajstić information content (AvgIpc) is 2.65. The molecule has 0 fully saturated rings. The van der Waals surface area contributed by atoms with Gasteiger partial charge in [0.25, 0.3) is 0 Å². The SMILES string of the molecule is CN(CCCC(=O)O)Cc1cnn(CCO)c1. The van der Waals surface area contributed by atoms with Gasteiger partial charge in [-0.05, 0) is 20.0 Å². The van der Waals surface area contributed by atoms with E-state index in [9.17, 15) is 4.79 Å². The molecule has 0 aliphatic heterocycles. The van der Waals surface area contributed by atoms with E-state index in [2.05, 4.69) is 10.00 Å². The zero-order valence-corrected chi connectivity index (χ0v) is 10.0. The Kier molecular flexibility index (Phi) is 5.65. The van der Waals surface area contributed by atoms with E-state index in [1.54, 1.807) is 10.9 Å². The Balaban J connectivity index is 2.29. The standard InChI is InChI=1S/C11H19N3O3/c1-13(4-2-3-11(16)17)8-10-7-12-14(9-10)5-6-15/h7,9,15H,2-6,8H2,1H3,(H,16,17). The minimum absolute atomic E-state index is 0.0789. The van der Waals surface area contributed by atoms with E-state index in [1.165, 1.54) is 0 Å². The molecule has 17 heavy (non-hydrogen) atoms. The number of carboxylic acids is 1. The maximum atomic E-state index is 10.4. The Morgan fingerprint density at radius 3 is 3.00 bits per heavy atom. The maximum Gasteiger partial charge on any atom is 0.303 e. The molecule has 0 amide bonds. The van der Waals surface area contributed by atoms with Gasteiger partial charge >= 0.3 is 5.97 Å². The Bertz CT molecular complexity index is 351. The van der Waals surface area contributed by atoms with Gasteiger partial charge in [0.1, 0.15) is 0 Å². The summed E-state index contributed by atoms with van der Waals surface area (Å²) < 4.78 is 1.69. The van der Waals surface area contributed by atoms with Crippen molar-refractivity contribution >= 4 is 5.97 Å². The van der Waals surface area contributed by atoms with Gasteiger partial charge in [-0.3, -0.25) is 9.48 Å². The molecule has 0 saturated carbocycles. The zero-order valence-electron chi connectivity index (χ0n) is 10.0. The number of hydrogen-bond donors (Lipinski definition) is 2. The van der Waals surface area contributed by atoms with Crippen LogP contribution in [0.1, 0.15) is 18.4 Å². The molecule has 1 heterocycles. The lowest BCUT2D eigenvalue weighted by molar-refractivity contribution is -0.137. The number of aliphatic hydroxyl groups is 1. The van der Waals surface area contributed by atoms with E-state index >= 15 is 0 Å². The molecule has 0 unspecified atom stereocenters. The number of rotatable bonds is 8. The summed E-state index contributed by atoms with van der Waals surface area (Å²) in [7, 11) is 1.95. The van der Waals surface area contributed by atoms with Crippen molar-refractivity contribution in [3.8, 4) is 0 Å². The molecule has 2 N–H and O–H groups in total. The molecule has 0 aliphatic carbocycles. The van der Waals surface area contributed by atoms with Gasteiger partial charge in [0.15, 0.2) is 0 Å². The molecule has 1 aromatic heterocycles. The Morgan fingerprint density at radius 1 is 1.59 bits per heavy atom. The van der Waals surface area contributed by atoms with Crippen molar-refractivity contribution in [3.05, 3.63) is 18.0 Å². The van der Waals surface area contributed by atoms with Gasteiger partial charge in [-0.25, -0.2) is 0 Å². The predicted octanol–water partition coefficient (Wildman–Crippen LogP) is 0.172. The highest BCUT2D eigenvalue weighted by molar-refractivity contribution is 5.66. The topological polar surface area (TPSA) is 78.6 Å². The number of carbonyl (C=O) groups is 1. The lowest BCUT2D eigenvalue weighted by Gasteiger charge is -2.14. The van der Waals surface area contributed by atoms with Crippen LogP contribution < -0.4 is 0 Å². The first-order valence-corrected chi connectivity index (χ1v) is 5.64. The van der Waals surface area contributed by atoms with Gasteiger partial charge in [0.05, 0.1) is 19.3 Å². The summed E-state index contributed by atoms with van der Waals surface area (Å²) in [4.78, 5) is 12.4. The molecule has 0 bridgehead atoms. The van der Waals surface area contributed by atoms with E-state index in [4.69, 9.17) is 10.2 Å². The second-order valence-corrected chi connectivity index (χ2v) is 4.07. The minimum Gasteiger partial charge on any atom is -0.481 e. The van der Waals surface area contributed by atoms with Crippen LogP contribution in [0.5, 0.6) is 0 Å². The molecular weight excluding hydrogens is 222 g/mol. The number of carboxylic acid groups (broad SMARTS) is 1. The lowest BCUT2D eigenvalue weighted by atomic mass is 10.3. The highest BCUT2D eigenvalue weighted by Crippen LogP contribution is 2.03. The van der Waals surface area contributed by atoms with Crippen LogP contribution in [0.4, 0.5) is 0 Å². The Labute approximate surface area is 100 Å². The molecule has 1 rings (SSSR count). The van der Waals surface area contributed by atoms with Crippen LogP contribution in [0.15, 0.2) is 12.4 Å². The Hall–Kier alpha value is -1.40. The third-order valence-electron chi connectivity index (χ3n) is 2.40. The fourth-order valence-electron chi connectivity index (χ4n) is 1.60. The van der Waals surface area contributed by atoms with Crippen LogP contribution >= 0.6 is 0 Å². The first-order chi connectivity index (χ1) is 8.11. The van der Waals surface area contributed by atoms with E-state index < -0.39 is 5.97 Å². The van der Waals surface area contributed by atoms with E-state index in [0.29, 0.717) is 13.0 Å². The second kappa shape index (κ2) is 7.03. The lowest BCUT2D eigenvalue weighted by Crippen LogP contribution is -2.19. The zero-order chi connectivity index (χ0) is 12.7. The normalized spacial score (nSPS) is 11.0. The number of aliphatic carboxylic acids is 1. The van der Waals surface area contributed by atoms with Crippen molar-refractivity contribution < 1.29 is 15.0 Å². The highest BCUT2D eigenvalue weighted by Gasteiger charge is 2.04. The quantitative estimate of drug-likeness (QED) is 0.678. The first-order valence-electron chi connectivity index (χ1n) is 5.64. The first kappa shape index (κ1) is 13.7. The van der Waals surface area contributed by atoms with Crippen molar-refractivity contribution in [2.75, 3.05) is 20.2 Å². The van der Waals surface area contributed by atoms with Gasteiger partial charge in [-0.2, -0.15) is 5.10 Å². The fraction of sp³-hybridized carbons (Fsp3) is 0.636. The van der Waals surface area contributed by atoms with E-state index in [1.807, 2.05) is 13.2 Å². The van der Waals surface area contributed by atoms with Gasteiger partial charge < -0.3 is 15.1 Å². The van der Waals surface area contributed by atoms with Crippen molar-refractivity contribution in [1.29, 1.82) is 0 Å². The second-order valence-electron chi connectivity index (χ2n) is 4.07. The number of aromatic nitrogens is 2. The number of nitrogens with zero attached hydrogens (tertiary/aromatic N) is 3. The Morgan fingerprint density at radius 2 is 2.35 bits per heavy atom. The molecule has 96 valence electrons. The van der Waals surface area contributed by atoms with Gasteiger partial charge in [0, 0.05) is 24.7 Å². The third-order valence-corrected chi connectivity index (χ3v) is 2.40. The van der Waals surface area contributed by atoms with Crippen molar-refractivity contribution in [3.63, 3.8) is 0 Å². The molecule has 0 aliphatic rings. The molecule has 0 saturated heterocycles. The summed E-state index contributed by atoms with van der Waals surface area (Å²) in [6, 6.07) is 0. The monoisotopic (exact) mass is 241 g/mol. The van der Waals surface area contributed by atoms with Gasteiger partial charge in [0.2, 0.25) is 0 Å². The van der Waals surface area contributed by atoms with Crippen LogP contribution in [0, 0.1) is 0 Å². The molecule has 0 spiro atoms. The summed E-state index contributed by atoms with van der Waals surface area (Å²) in [6.07, 6.45) is 4.51. The molecule has 0 atom stereocenters. The summed E-state index contributed by atoms with van der Waals surface area (Å²) in [5.74, 6) is -0.755. The molecule has 6 nitrogen and oxygen atoms in total. The largest absolute Gasteiger partial charge is 0.481 e. The van der Waals surface area contributed by atoms with Crippen LogP contribution in [-0.2, 0) is 17.9 Å². The molecule has 0 aromatic carbocycles. The van der Waals surface area contributed by atoms with Gasteiger partial charge in [-0.1, -0.05) is 0 Å². The van der Waals surface area contributed by atoms with E-state index in [-0.39, 0.29) is 13.0 Å². The van der Waals surface area contributed by atoms with Crippen molar-refractivity contribution in [2.45, 2.75) is 25.9 Å². The summed E-state index contributed by atoms with van der Waals surface area (Å²) >= 11 is 0. The van der Waals surface area contributed by atoms with E-state index in [0.717, 1.165) is 18.7 Å². The van der Waals surface area contributed by atoms with Crippen LogP contribution in [-0.4, -0.2) is 51.1 Å². The van der Waals surface area contributed by atoms with Gasteiger partial charge in [-0.15, -0.1) is 0 Å². The molecule has 0 radical (unpaired) electrons. The fourth-order valence-corrected chi connectivity index (χ4v) is 1.60. The average molecular weight is 241 g/mol.